The van der Waals surface area contributed by atoms with Crippen LogP contribution < -0.4 is 15.1 Å². The van der Waals surface area contributed by atoms with Gasteiger partial charge in [-0.3, -0.25) is 0 Å². The third-order valence-corrected chi connectivity index (χ3v) is 5.63. The molecule has 0 aliphatic rings. The summed E-state index contributed by atoms with van der Waals surface area (Å²) in [6.45, 7) is 2.63. The van der Waals surface area contributed by atoms with E-state index in [1.165, 1.54) is 19.3 Å². The zero-order chi connectivity index (χ0) is 21.6. The minimum atomic E-state index is -0.322. The molecule has 0 atom stereocenters. The maximum Gasteiger partial charge on any atom is 0.344 e. The molecule has 0 radical (unpaired) electrons. The fourth-order valence-electron chi connectivity index (χ4n) is 3.95. The summed E-state index contributed by atoms with van der Waals surface area (Å²) < 4.78 is 17.2. The number of rotatable bonds is 9. The maximum atomic E-state index is 12.5. The summed E-state index contributed by atoms with van der Waals surface area (Å²) in [4.78, 5) is 12.5. The van der Waals surface area contributed by atoms with E-state index in [1.807, 2.05) is 54.6 Å². The third-order valence-electron chi connectivity index (χ3n) is 5.63. The van der Waals surface area contributed by atoms with Crippen molar-refractivity contribution in [3.05, 3.63) is 82.2 Å². The van der Waals surface area contributed by atoms with Gasteiger partial charge >= 0.3 is 5.63 Å². The second-order valence-corrected chi connectivity index (χ2v) is 7.84. The van der Waals surface area contributed by atoms with E-state index in [1.54, 1.807) is 7.11 Å². The van der Waals surface area contributed by atoms with Crippen LogP contribution in [0.25, 0.3) is 21.7 Å². The van der Waals surface area contributed by atoms with Crippen molar-refractivity contribution in [3.8, 4) is 11.5 Å². The van der Waals surface area contributed by atoms with E-state index in [9.17, 15) is 4.79 Å². The van der Waals surface area contributed by atoms with Crippen LogP contribution in [0.2, 0.25) is 0 Å². The zero-order valence-electron chi connectivity index (χ0n) is 18.1. The molecule has 1 aromatic heterocycles. The number of ether oxygens (including phenoxy) is 2. The van der Waals surface area contributed by atoms with Gasteiger partial charge in [0.2, 0.25) is 0 Å². The predicted molar refractivity (Wildman–Crippen MR) is 125 cm³/mol. The first-order chi connectivity index (χ1) is 15.2. The lowest BCUT2D eigenvalue weighted by atomic mass is 10.0. The Bertz CT molecular complexity index is 1240. The standard InChI is InChI=1S/C27H28O4/c1-3-4-5-6-11-20-16-24-22-13-7-8-14-23(22)27(28)31-26(24)17-25(20)30-18-19-10-9-12-21(15-19)29-2/h7-10,12-17H,3-6,11,18H2,1-2H3. The Morgan fingerprint density at radius 2 is 1.71 bits per heavy atom. The summed E-state index contributed by atoms with van der Waals surface area (Å²) in [5.74, 6) is 1.57. The van der Waals surface area contributed by atoms with Crippen LogP contribution in [0.4, 0.5) is 0 Å². The fourth-order valence-corrected chi connectivity index (χ4v) is 3.95. The third kappa shape index (κ3) is 4.74. The van der Waals surface area contributed by atoms with E-state index >= 15 is 0 Å². The number of unbranched alkanes of at least 4 members (excludes halogenated alkanes) is 3. The molecule has 4 nitrogen and oxygen atoms in total. The fraction of sp³-hybridized carbons (Fsp3) is 0.296. The van der Waals surface area contributed by atoms with Crippen molar-refractivity contribution in [2.24, 2.45) is 0 Å². The smallest absolute Gasteiger partial charge is 0.344 e. The lowest BCUT2D eigenvalue weighted by molar-refractivity contribution is 0.301. The van der Waals surface area contributed by atoms with E-state index in [-0.39, 0.29) is 5.63 Å². The molecule has 0 amide bonds. The van der Waals surface area contributed by atoms with Gasteiger partial charge in [0.1, 0.15) is 23.7 Å². The van der Waals surface area contributed by atoms with Gasteiger partial charge in [-0.2, -0.15) is 0 Å². The highest BCUT2D eigenvalue weighted by Gasteiger charge is 2.13. The second kappa shape index (κ2) is 9.69. The van der Waals surface area contributed by atoms with E-state index in [0.717, 1.165) is 46.2 Å². The van der Waals surface area contributed by atoms with Crippen molar-refractivity contribution in [1.82, 2.24) is 0 Å². The summed E-state index contributed by atoms with van der Waals surface area (Å²) in [6.07, 6.45) is 5.65. The Morgan fingerprint density at radius 1 is 0.871 bits per heavy atom. The lowest BCUT2D eigenvalue weighted by Gasteiger charge is -2.14. The van der Waals surface area contributed by atoms with Crippen molar-refractivity contribution in [2.75, 3.05) is 7.11 Å². The summed E-state index contributed by atoms with van der Waals surface area (Å²) in [5.41, 5.74) is 2.40. The molecule has 0 N–H and O–H groups in total. The van der Waals surface area contributed by atoms with E-state index < -0.39 is 0 Å². The molecule has 4 rings (SSSR count). The molecular weight excluding hydrogens is 388 g/mol. The van der Waals surface area contributed by atoms with Crippen LogP contribution in [0.5, 0.6) is 11.5 Å². The van der Waals surface area contributed by atoms with Crippen LogP contribution in [0, 0.1) is 0 Å². The molecule has 160 valence electrons. The van der Waals surface area contributed by atoms with Gasteiger partial charge in [0, 0.05) is 11.5 Å². The topological polar surface area (TPSA) is 48.7 Å². The summed E-state index contributed by atoms with van der Waals surface area (Å²) >= 11 is 0. The van der Waals surface area contributed by atoms with Crippen LogP contribution in [-0.2, 0) is 13.0 Å². The van der Waals surface area contributed by atoms with Crippen LogP contribution >= 0.6 is 0 Å². The Balaban J connectivity index is 1.72. The summed E-state index contributed by atoms with van der Waals surface area (Å²) in [7, 11) is 1.66. The average Bonchev–Trinajstić information content (AvgIpc) is 2.81. The normalized spacial score (nSPS) is 11.2. The molecule has 0 fully saturated rings. The van der Waals surface area contributed by atoms with E-state index in [0.29, 0.717) is 17.6 Å². The molecule has 31 heavy (non-hydrogen) atoms. The molecule has 0 unspecified atom stereocenters. The van der Waals surface area contributed by atoms with Crippen molar-refractivity contribution in [1.29, 1.82) is 0 Å². The number of aryl methyl sites for hydroxylation is 1. The Kier molecular flexibility index (Phi) is 6.56. The van der Waals surface area contributed by atoms with Gasteiger partial charge in [0.25, 0.3) is 0 Å². The average molecular weight is 417 g/mol. The Morgan fingerprint density at radius 3 is 2.52 bits per heavy atom. The first-order valence-corrected chi connectivity index (χ1v) is 10.9. The molecule has 0 saturated heterocycles. The van der Waals surface area contributed by atoms with Crippen LogP contribution in [-0.4, -0.2) is 7.11 Å². The Hall–Kier alpha value is -3.27. The molecule has 0 spiro atoms. The van der Waals surface area contributed by atoms with Gasteiger partial charge < -0.3 is 13.9 Å². The highest BCUT2D eigenvalue weighted by Crippen LogP contribution is 2.32. The van der Waals surface area contributed by atoms with Crippen LogP contribution in [0.1, 0.15) is 43.7 Å². The highest BCUT2D eigenvalue weighted by atomic mass is 16.5. The second-order valence-electron chi connectivity index (χ2n) is 7.84. The van der Waals surface area contributed by atoms with Gasteiger partial charge in [0.15, 0.2) is 0 Å². The quantitative estimate of drug-likeness (QED) is 0.174. The molecule has 0 aliphatic carbocycles. The van der Waals surface area contributed by atoms with Gasteiger partial charge in [-0.25, -0.2) is 4.79 Å². The minimum Gasteiger partial charge on any atom is -0.497 e. The zero-order valence-corrected chi connectivity index (χ0v) is 18.1. The molecule has 0 bridgehead atoms. The van der Waals surface area contributed by atoms with Gasteiger partial charge in [0.05, 0.1) is 12.5 Å². The molecule has 3 aromatic carbocycles. The first kappa shape index (κ1) is 21.0. The Labute approximate surface area is 182 Å². The molecule has 0 saturated carbocycles. The van der Waals surface area contributed by atoms with E-state index in [2.05, 4.69) is 13.0 Å². The van der Waals surface area contributed by atoms with Crippen molar-refractivity contribution >= 4 is 21.7 Å². The highest BCUT2D eigenvalue weighted by molar-refractivity contribution is 6.04. The predicted octanol–water partition coefficient (Wildman–Crippen LogP) is 6.66. The maximum absolute atomic E-state index is 12.5. The van der Waals surface area contributed by atoms with Gasteiger partial charge in [-0.1, -0.05) is 56.5 Å². The minimum absolute atomic E-state index is 0.322. The number of hydrogen-bond acceptors (Lipinski definition) is 4. The molecule has 4 aromatic rings. The number of benzene rings is 3. The SMILES string of the molecule is CCCCCCc1cc2c(cc1OCc1cccc(OC)c1)oc(=O)c1ccccc12. The number of fused-ring (bicyclic) bond motifs is 3. The lowest BCUT2D eigenvalue weighted by Crippen LogP contribution is -2.03. The monoisotopic (exact) mass is 416 g/mol. The van der Waals surface area contributed by atoms with Crippen LogP contribution in [0.3, 0.4) is 0 Å². The summed E-state index contributed by atoms with van der Waals surface area (Å²) in [6, 6.07) is 19.5. The molecule has 0 aliphatic heterocycles. The number of methoxy groups -OCH3 is 1. The molecular formula is C27H28O4. The number of hydrogen-bond donors (Lipinski definition) is 0. The molecule has 1 heterocycles. The van der Waals surface area contributed by atoms with Crippen molar-refractivity contribution in [2.45, 2.75) is 45.6 Å². The van der Waals surface area contributed by atoms with Crippen molar-refractivity contribution < 1.29 is 13.9 Å². The van der Waals surface area contributed by atoms with Gasteiger partial charge in [-0.05, 0) is 53.6 Å². The van der Waals surface area contributed by atoms with Gasteiger partial charge in [-0.15, -0.1) is 0 Å². The largest absolute Gasteiger partial charge is 0.497 e. The van der Waals surface area contributed by atoms with Crippen LogP contribution in [0.15, 0.2) is 69.9 Å². The van der Waals surface area contributed by atoms with E-state index in [4.69, 9.17) is 13.9 Å². The summed E-state index contributed by atoms with van der Waals surface area (Å²) in [5, 5.41) is 2.48. The molecule has 4 heteroatoms. The van der Waals surface area contributed by atoms with Crippen molar-refractivity contribution in [3.63, 3.8) is 0 Å². The first-order valence-electron chi connectivity index (χ1n) is 10.9.